The van der Waals surface area contributed by atoms with Crippen LogP contribution in [0.4, 0.5) is 0 Å². The van der Waals surface area contributed by atoms with Crippen molar-refractivity contribution in [1.82, 2.24) is 4.40 Å². The molecule has 4 heteroatoms. The Kier molecular flexibility index (Phi) is 5.19. The highest BCUT2D eigenvalue weighted by molar-refractivity contribution is 5.97. The lowest BCUT2D eigenvalue weighted by atomic mass is 10.0. The van der Waals surface area contributed by atoms with Crippen LogP contribution >= 0.6 is 0 Å². The van der Waals surface area contributed by atoms with Crippen LogP contribution in [-0.4, -0.2) is 23.6 Å². The van der Waals surface area contributed by atoms with Gasteiger partial charge >= 0.3 is 5.97 Å². The number of rotatable bonds is 6. The van der Waals surface area contributed by atoms with E-state index in [4.69, 9.17) is 9.47 Å². The van der Waals surface area contributed by atoms with Gasteiger partial charge in [0.25, 0.3) is 0 Å². The second-order valence-electron chi connectivity index (χ2n) is 5.85. The molecular weight excluding hydrogens is 314 g/mol. The lowest BCUT2D eigenvalue weighted by molar-refractivity contribution is 0.0528. The number of benzene rings is 1. The zero-order chi connectivity index (χ0) is 17.8. The SMILES string of the molecule is CCOC(=O)c1cc([C@H](OCC)c2ccccc2C)n2ccccc12. The van der Waals surface area contributed by atoms with Crippen molar-refractivity contribution < 1.29 is 14.3 Å². The van der Waals surface area contributed by atoms with Crippen molar-refractivity contribution >= 4 is 11.5 Å². The largest absolute Gasteiger partial charge is 0.462 e. The molecule has 130 valence electrons. The minimum atomic E-state index is -0.308. The lowest BCUT2D eigenvalue weighted by Crippen LogP contribution is -2.10. The molecule has 0 radical (unpaired) electrons. The number of aromatic nitrogens is 1. The van der Waals surface area contributed by atoms with Crippen molar-refractivity contribution in [3.63, 3.8) is 0 Å². The number of hydrogen-bond acceptors (Lipinski definition) is 3. The topological polar surface area (TPSA) is 39.9 Å². The van der Waals surface area contributed by atoms with E-state index in [1.165, 1.54) is 0 Å². The van der Waals surface area contributed by atoms with Crippen LogP contribution in [0.25, 0.3) is 5.52 Å². The predicted molar refractivity (Wildman–Crippen MR) is 98.0 cm³/mol. The maximum Gasteiger partial charge on any atom is 0.340 e. The predicted octanol–water partition coefficient (Wildman–Crippen LogP) is 4.55. The molecule has 0 aliphatic rings. The van der Waals surface area contributed by atoms with Crippen molar-refractivity contribution in [3.8, 4) is 0 Å². The summed E-state index contributed by atoms with van der Waals surface area (Å²) in [6.07, 6.45) is 1.71. The molecule has 0 aliphatic heterocycles. The van der Waals surface area contributed by atoms with Crippen LogP contribution in [0.15, 0.2) is 54.7 Å². The maximum absolute atomic E-state index is 12.4. The molecule has 0 N–H and O–H groups in total. The monoisotopic (exact) mass is 337 g/mol. The zero-order valence-electron chi connectivity index (χ0n) is 14.9. The summed E-state index contributed by atoms with van der Waals surface area (Å²) < 4.78 is 13.3. The first-order chi connectivity index (χ1) is 12.2. The second-order valence-corrected chi connectivity index (χ2v) is 5.85. The molecule has 0 saturated carbocycles. The van der Waals surface area contributed by atoms with Gasteiger partial charge in [-0.25, -0.2) is 4.79 Å². The molecule has 1 atom stereocenters. The Labute approximate surface area is 148 Å². The first-order valence-corrected chi connectivity index (χ1v) is 8.61. The third kappa shape index (κ3) is 3.30. The van der Waals surface area contributed by atoms with Crippen LogP contribution in [0.3, 0.4) is 0 Å². The van der Waals surface area contributed by atoms with Gasteiger partial charge in [-0.05, 0) is 50.1 Å². The van der Waals surface area contributed by atoms with Crippen LogP contribution in [0.1, 0.15) is 47.1 Å². The fourth-order valence-electron chi connectivity index (χ4n) is 3.14. The molecule has 3 aromatic rings. The van der Waals surface area contributed by atoms with Gasteiger partial charge in [0, 0.05) is 12.8 Å². The summed E-state index contributed by atoms with van der Waals surface area (Å²) >= 11 is 0. The summed E-state index contributed by atoms with van der Waals surface area (Å²) in [5, 5.41) is 0. The minimum absolute atomic E-state index is 0.246. The van der Waals surface area contributed by atoms with E-state index >= 15 is 0 Å². The van der Waals surface area contributed by atoms with Gasteiger partial charge in [0.15, 0.2) is 0 Å². The van der Waals surface area contributed by atoms with Crippen LogP contribution < -0.4 is 0 Å². The van der Waals surface area contributed by atoms with Gasteiger partial charge < -0.3 is 13.9 Å². The maximum atomic E-state index is 12.4. The summed E-state index contributed by atoms with van der Waals surface area (Å²) in [5.74, 6) is -0.308. The Balaban J connectivity index is 2.18. The van der Waals surface area contributed by atoms with E-state index in [1.54, 1.807) is 0 Å². The standard InChI is InChI=1S/C21H23NO3/c1-4-24-20(16-11-7-6-10-15(16)3)19-14-17(21(23)25-5-2)18-12-8-9-13-22(18)19/h6-14,20H,4-5H2,1-3H3/t20-/m1/s1. The number of esters is 1. The molecule has 0 bridgehead atoms. The molecule has 0 aliphatic carbocycles. The van der Waals surface area contributed by atoms with E-state index < -0.39 is 0 Å². The van der Waals surface area contributed by atoms with E-state index in [2.05, 4.69) is 19.1 Å². The molecule has 2 heterocycles. The molecular formula is C21H23NO3. The summed E-state index contributed by atoms with van der Waals surface area (Å²) in [6, 6.07) is 15.9. The highest BCUT2D eigenvalue weighted by Crippen LogP contribution is 2.32. The summed E-state index contributed by atoms with van der Waals surface area (Å²) in [4.78, 5) is 12.4. The van der Waals surface area contributed by atoms with Crippen molar-refractivity contribution in [2.75, 3.05) is 13.2 Å². The van der Waals surface area contributed by atoms with Crippen molar-refractivity contribution in [1.29, 1.82) is 0 Å². The van der Waals surface area contributed by atoms with E-state index in [9.17, 15) is 4.79 Å². The normalized spacial score (nSPS) is 12.3. The Morgan fingerprint density at radius 3 is 2.56 bits per heavy atom. The van der Waals surface area contributed by atoms with Gasteiger partial charge in [-0.1, -0.05) is 30.3 Å². The Bertz CT molecular complexity index is 882. The smallest absolute Gasteiger partial charge is 0.340 e. The van der Waals surface area contributed by atoms with Gasteiger partial charge in [-0.15, -0.1) is 0 Å². The number of hydrogen-bond donors (Lipinski definition) is 0. The number of nitrogens with zero attached hydrogens (tertiary/aromatic N) is 1. The Hall–Kier alpha value is -2.59. The van der Waals surface area contributed by atoms with Crippen LogP contribution in [-0.2, 0) is 9.47 Å². The van der Waals surface area contributed by atoms with Gasteiger partial charge in [0.05, 0.1) is 23.4 Å². The number of ether oxygens (including phenoxy) is 2. The molecule has 25 heavy (non-hydrogen) atoms. The highest BCUT2D eigenvalue weighted by Gasteiger charge is 2.24. The minimum Gasteiger partial charge on any atom is -0.462 e. The van der Waals surface area contributed by atoms with E-state index in [0.717, 1.165) is 22.3 Å². The van der Waals surface area contributed by atoms with E-state index in [1.807, 2.05) is 60.8 Å². The number of carbonyl (C=O) groups is 1. The van der Waals surface area contributed by atoms with Crippen LogP contribution in [0.2, 0.25) is 0 Å². The third-order valence-corrected chi connectivity index (χ3v) is 4.27. The average Bonchev–Trinajstić information content (AvgIpc) is 3.00. The first-order valence-electron chi connectivity index (χ1n) is 8.61. The summed E-state index contributed by atoms with van der Waals surface area (Å²) in [5.41, 5.74) is 4.58. The molecule has 0 unspecified atom stereocenters. The molecule has 0 fully saturated rings. The fraction of sp³-hybridized carbons (Fsp3) is 0.286. The van der Waals surface area contributed by atoms with E-state index in [0.29, 0.717) is 18.8 Å². The van der Waals surface area contributed by atoms with Crippen LogP contribution in [0.5, 0.6) is 0 Å². The summed E-state index contributed by atoms with van der Waals surface area (Å²) in [6.45, 7) is 6.79. The number of carbonyl (C=O) groups excluding carboxylic acids is 1. The molecule has 0 saturated heterocycles. The molecule has 0 spiro atoms. The molecule has 1 aromatic carbocycles. The van der Waals surface area contributed by atoms with Gasteiger partial charge in [-0.2, -0.15) is 0 Å². The van der Waals surface area contributed by atoms with Gasteiger partial charge in [-0.3, -0.25) is 0 Å². The number of aryl methyl sites for hydroxylation is 1. The third-order valence-electron chi connectivity index (χ3n) is 4.27. The lowest BCUT2D eigenvalue weighted by Gasteiger charge is -2.20. The molecule has 4 nitrogen and oxygen atoms in total. The van der Waals surface area contributed by atoms with Crippen molar-refractivity contribution in [2.45, 2.75) is 26.9 Å². The Morgan fingerprint density at radius 1 is 1.08 bits per heavy atom. The number of pyridine rings is 1. The van der Waals surface area contributed by atoms with E-state index in [-0.39, 0.29) is 12.1 Å². The molecule has 0 amide bonds. The average molecular weight is 337 g/mol. The summed E-state index contributed by atoms with van der Waals surface area (Å²) in [7, 11) is 0. The molecule has 3 rings (SSSR count). The Morgan fingerprint density at radius 2 is 1.84 bits per heavy atom. The van der Waals surface area contributed by atoms with Gasteiger partial charge in [0.1, 0.15) is 6.10 Å². The second kappa shape index (κ2) is 7.53. The quantitative estimate of drug-likeness (QED) is 0.620. The van der Waals surface area contributed by atoms with Crippen LogP contribution in [0, 0.1) is 6.92 Å². The van der Waals surface area contributed by atoms with Crippen molar-refractivity contribution in [3.05, 3.63) is 77.1 Å². The van der Waals surface area contributed by atoms with Gasteiger partial charge in [0.2, 0.25) is 0 Å². The van der Waals surface area contributed by atoms with Crippen molar-refractivity contribution in [2.24, 2.45) is 0 Å². The first kappa shape index (κ1) is 17.2. The highest BCUT2D eigenvalue weighted by atomic mass is 16.5. The zero-order valence-corrected chi connectivity index (χ0v) is 14.9. The fourth-order valence-corrected chi connectivity index (χ4v) is 3.14. The molecule has 2 aromatic heterocycles. The number of fused-ring (bicyclic) bond motifs is 1.